The molecule has 2 fully saturated rings. The van der Waals surface area contributed by atoms with Gasteiger partial charge in [-0.2, -0.15) is 0 Å². The lowest BCUT2D eigenvalue weighted by Gasteiger charge is -2.24. The summed E-state index contributed by atoms with van der Waals surface area (Å²) in [5, 5.41) is 0. The van der Waals surface area contributed by atoms with Crippen LogP contribution in [0.5, 0.6) is 0 Å². The van der Waals surface area contributed by atoms with Crippen LogP contribution in [0.15, 0.2) is 0 Å². The fourth-order valence-electron chi connectivity index (χ4n) is 2.90. The Kier molecular flexibility index (Phi) is 3.09. The molecule has 2 heteroatoms. The molecule has 0 aromatic heterocycles. The zero-order valence-electron chi connectivity index (χ0n) is 9.00. The smallest absolute Gasteiger partial charge is 0.309 e. The fraction of sp³-hybridized carbons (Fsp3) is 0.917. The Bertz CT molecular complexity index is 212. The molecule has 0 bridgehead atoms. The van der Waals surface area contributed by atoms with E-state index in [9.17, 15) is 4.79 Å². The largest absolute Gasteiger partial charge is 0.462 e. The average Bonchev–Trinajstić information content (AvgIpc) is 2.54. The van der Waals surface area contributed by atoms with E-state index in [1.54, 1.807) is 0 Å². The van der Waals surface area contributed by atoms with E-state index >= 15 is 0 Å². The van der Waals surface area contributed by atoms with Gasteiger partial charge in [0.2, 0.25) is 0 Å². The van der Waals surface area contributed by atoms with Crippen molar-refractivity contribution in [1.29, 1.82) is 0 Å². The number of carbonyl (C=O) groups is 1. The number of cyclic esters (lactones) is 1. The number of unbranched alkanes of at least 4 members (excludes halogenated alkanes) is 1. The lowest BCUT2D eigenvalue weighted by Crippen LogP contribution is -2.24. The molecular weight excluding hydrogens is 176 g/mol. The van der Waals surface area contributed by atoms with Crippen LogP contribution in [0.1, 0.15) is 51.9 Å². The van der Waals surface area contributed by atoms with Gasteiger partial charge in [0.1, 0.15) is 6.10 Å². The molecule has 14 heavy (non-hydrogen) atoms. The third-order valence-corrected chi connectivity index (χ3v) is 3.71. The Morgan fingerprint density at radius 2 is 2.14 bits per heavy atom. The van der Waals surface area contributed by atoms with Crippen LogP contribution in [-0.2, 0) is 9.53 Å². The Morgan fingerprint density at radius 1 is 1.36 bits per heavy atom. The topological polar surface area (TPSA) is 26.3 Å². The molecule has 0 unspecified atom stereocenters. The van der Waals surface area contributed by atoms with E-state index in [-0.39, 0.29) is 18.0 Å². The second-order valence-corrected chi connectivity index (χ2v) is 4.67. The van der Waals surface area contributed by atoms with Gasteiger partial charge in [0, 0.05) is 5.92 Å². The second kappa shape index (κ2) is 4.33. The first-order chi connectivity index (χ1) is 6.83. The number of esters is 1. The predicted octanol–water partition coefficient (Wildman–Crippen LogP) is 2.91. The Hall–Kier alpha value is -0.530. The van der Waals surface area contributed by atoms with Crippen molar-refractivity contribution < 1.29 is 9.53 Å². The molecule has 0 spiro atoms. The molecule has 2 nitrogen and oxygen atoms in total. The number of ether oxygens (including phenoxy) is 1. The van der Waals surface area contributed by atoms with Gasteiger partial charge in [-0.3, -0.25) is 4.79 Å². The average molecular weight is 196 g/mol. The van der Waals surface area contributed by atoms with Crippen LogP contribution in [0.25, 0.3) is 0 Å². The molecule has 1 saturated carbocycles. The van der Waals surface area contributed by atoms with Crippen molar-refractivity contribution in [3.8, 4) is 0 Å². The summed E-state index contributed by atoms with van der Waals surface area (Å²) in [7, 11) is 0. The fourth-order valence-corrected chi connectivity index (χ4v) is 2.90. The molecule has 0 amide bonds. The van der Waals surface area contributed by atoms with Gasteiger partial charge in [-0.05, 0) is 19.3 Å². The molecule has 1 heterocycles. The third kappa shape index (κ3) is 1.79. The standard InChI is InChI=1S/C12H20O2/c1-2-3-8-11-9-6-4-5-7-10(9)12(13)14-11/h9-11H,2-8H2,1H3/t9-,10+,11+/m0/s1. The van der Waals surface area contributed by atoms with Gasteiger partial charge >= 0.3 is 5.97 Å². The zero-order valence-corrected chi connectivity index (χ0v) is 9.00. The SMILES string of the molecule is CCCC[C@H]1OC(=O)[C@@H]2CCCC[C@H]12. The molecule has 1 aliphatic carbocycles. The van der Waals surface area contributed by atoms with E-state index in [2.05, 4.69) is 6.92 Å². The minimum atomic E-state index is 0.0933. The molecule has 1 saturated heterocycles. The molecule has 0 aromatic carbocycles. The molecular formula is C12H20O2. The lowest BCUT2D eigenvalue weighted by atomic mass is 9.77. The van der Waals surface area contributed by atoms with Gasteiger partial charge < -0.3 is 4.74 Å². The van der Waals surface area contributed by atoms with Crippen LogP contribution in [0.3, 0.4) is 0 Å². The summed E-state index contributed by atoms with van der Waals surface area (Å²) in [4.78, 5) is 11.6. The van der Waals surface area contributed by atoms with E-state index < -0.39 is 0 Å². The highest BCUT2D eigenvalue weighted by atomic mass is 16.6. The summed E-state index contributed by atoms with van der Waals surface area (Å²) in [6, 6.07) is 0. The predicted molar refractivity (Wildman–Crippen MR) is 54.9 cm³/mol. The maximum atomic E-state index is 11.6. The van der Waals surface area contributed by atoms with E-state index in [0.717, 1.165) is 12.8 Å². The van der Waals surface area contributed by atoms with Crippen molar-refractivity contribution in [2.45, 2.75) is 58.0 Å². The quantitative estimate of drug-likeness (QED) is 0.649. The van der Waals surface area contributed by atoms with Crippen LogP contribution in [0, 0.1) is 11.8 Å². The Labute approximate surface area is 86.0 Å². The second-order valence-electron chi connectivity index (χ2n) is 4.67. The summed E-state index contributed by atoms with van der Waals surface area (Å²) in [6.07, 6.45) is 8.54. The molecule has 0 radical (unpaired) electrons. The van der Waals surface area contributed by atoms with Gasteiger partial charge in [-0.25, -0.2) is 0 Å². The normalized spacial score (nSPS) is 36.6. The zero-order chi connectivity index (χ0) is 9.97. The molecule has 80 valence electrons. The van der Waals surface area contributed by atoms with Crippen LogP contribution in [-0.4, -0.2) is 12.1 Å². The first-order valence-corrected chi connectivity index (χ1v) is 6.03. The minimum Gasteiger partial charge on any atom is -0.462 e. The summed E-state index contributed by atoms with van der Waals surface area (Å²) in [5.74, 6) is 0.907. The molecule has 2 rings (SSSR count). The van der Waals surface area contributed by atoms with Crippen LogP contribution >= 0.6 is 0 Å². The maximum absolute atomic E-state index is 11.6. The number of carbonyl (C=O) groups excluding carboxylic acids is 1. The highest BCUT2D eigenvalue weighted by Crippen LogP contribution is 2.41. The summed E-state index contributed by atoms with van der Waals surface area (Å²) >= 11 is 0. The monoisotopic (exact) mass is 196 g/mol. The Balaban J connectivity index is 1.95. The third-order valence-electron chi connectivity index (χ3n) is 3.71. The van der Waals surface area contributed by atoms with E-state index in [0.29, 0.717) is 5.92 Å². The first-order valence-electron chi connectivity index (χ1n) is 6.03. The number of fused-ring (bicyclic) bond motifs is 1. The summed E-state index contributed by atoms with van der Waals surface area (Å²) in [6.45, 7) is 2.19. The summed E-state index contributed by atoms with van der Waals surface area (Å²) in [5.41, 5.74) is 0. The molecule has 1 aliphatic heterocycles. The number of hydrogen-bond acceptors (Lipinski definition) is 2. The van der Waals surface area contributed by atoms with E-state index in [1.807, 2.05) is 0 Å². The maximum Gasteiger partial charge on any atom is 0.309 e. The Morgan fingerprint density at radius 3 is 2.93 bits per heavy atom. The van der Waals surface area contributed by atoms with Gasteiger partial charge in [0.05, 0.1) is 5.92 Å². The van der Waals surface area contributed by atoms with Gasteiger partial charge in [-0.1, -0.05) is 32.6 Å². The molecule has 0 N–H and O–H groups in total. The molecule has 2 aliphatic rings. The van der Waals surface area contributed by atoms with E-state index in [4.69, 9.17) is 4.74 Å². The van der Waals surface area contributed by atoms with Crippen molar-refractivity contribution in [1.82, 2.24) is 0 Å². The van der Waals surface area contributed by atoms with Gasteiger partial charge in [0.25, 0.3) is 0 Å². The number of rotatable bonds is 3. The first kappa shape index (κ1) is 10.0. The van der Waals surface area contributed by atoms with Crippen molar-refractivity contribution in [3.05, 3.63) is 0 Å². The van der Waals surface area contributed by atoms with Gasteiger partial charge in [-0.15, -0.1) is 0 Å². The van der Waals surface area contributed by atoms with Crippen molar-refractivity contribution in [2.75, 3.05) is 0 Å². The van der Waals surface area contributed by atoms with Crippen molar-refractivity contribution >= 4 is 5.97 Å². The van der Waals surface area contributed by atoms with Crippen LogP contribution in [0.2, 0.25) is 0 Å². The lowest BCUT2D eigenvalue weighted by molar-refractivity contribution is -0.144. The van der Waals surface area contributed by atoms with Gasteiger partial charge in [0.15, 0.2) is 0 Å². The van der Waals surface area contributed by atoms with Crippen LogP contribution in [0.4, 0.5) is 0 Å². The van der Waals surface area contributed by atoms with Crippen molar-refractivity contribution in [2.24, 2.45) is 11.8 Å². The van der Waals surface area contributed by atoms with Crippen molar-refractivity contribution in [3.63, 3.8) is 0 Å². The highest BCUT2D eigenvalue weighted by molar-refractivity contribution is 5.75. The minimum absolute atomic E-state index is 0.0933. The number of hydrogen-bond donors (Lipinski definition) is 0. The molecule has 3 atom stereocenters. The summed E-state index contributed by atoms with van der Waals surface area (Å²) < 4.78 is 5.47. The van der Waals surface area contributed by atoms with E-state index in [1.165, 1.54) is 32.1 Å². The highest BCUT2D eigenvalue weighted by Gasteiger charge is 2.44. The molecule has 0 aromatic rings. The van der Waals surface area contributed by atoms with Crippen LogP contribution < -0.4 is 0 Å².